The molecule has 0 radical (unpaired) electrons. The molecule has 1 aromatic rings. The molecule has 0 saturated heterocycles. The van der Waals surface area contributed by atoms with E-state index in [0.717, 1.165) is 24.2 Å². The van der Waals surface area contributed by atoms with Crippen LogP contribution in [0.3, 0.4) is 0 Å². The lowest BCUT2D eigenvalue weighted by atomic mass is 9.86. The summed E-state index contributed by atoms with van der Waals surface area (Å²) in [5.41, 5.74) is 7.03. The van der Waals surface area contributed by atoms with Crippen molar-refractivity contribution in [1.82, 2.24) is 9.97 Å². The van der Waals surface area contributed by atoms with Gasteiger partial charge in [-0.1, -0.05) is 19.3 Å². The second-order valence-corrected chi connectivity index (χ2v) is 4.46. The number of nitrogens with zero attached hydrogens (tertiary/aromatic N) is 2. The predicted octanol–water partition coefficient (Wildman–Crippen LogP) is 1.93. The topological polar surface area (TPSA) is 68.9 Å². The number of aryl methyl sites for hydroxylation is 1. The molecule has 0 spiro atoms. The minimum absolute atomic E-state index is 0.153. The Morgan fingerprint density at radius 3 is 2.62 bits per heavy atom. The molecule has 1 aliphatic carbocycles. The Labute approximate surface area is 95.3 Å². The van der Waals surface area contributed by atoms with Crippen molar-refractivity contribution in [2.75, 3.05) is 0 Å². The first-order chi connectivity index (χ1) is 7.66. The third kappa shape index (κ3) is 2.38. The molecule has 0 bridgehead atoms. The molecule has 0 aliphatic heterocycles. The minimum atomic E-state index is -0.541. The lowest BCUT2D eigenvalue weighted by Gasteiger charge is -2.21. The van der Waals surface area contributed by atoms with Crippen LogP contribution in [0, 0.1) is 6.92 Å². The lowest BCUT2D eigenvalue weighted by molar-refractivity contribution is 0.0989. The molecular weight excluding hydrogens is 202 g/mol. The number of carbonyl (C=O) groups excluding carboxylic acids is 1. The van der Waals surface area contributed by atoms with Crippen molar-refractivity contribution in [3.63, 3.8) is 0 Å². The summed E-state index contributed by atoms with van der Waals surface area (Å²) in [6.45, 7) is 1.88. The maximum absolute atomic E-state index is 11.1. The van der Waals surface area contributed by atoms with Gasteiger partial charge in [0.2, 0.25) is 5.82 Å². The van der Waals surface area contributed by atoms with E-state index in [1.807, 2.05) is 13.0 Å². The first-order valence-electron chi connectivity index (χ1n) is 5.82. The standard InChI is InChI=1S/C12H17N3O/c1-8-7-10(9-5-3-2-4-6-9)15-12(14-8)11(13)16/h7,9H,2-6H2,1H3,(H2,13,16). The van der Waals surface area contributed by atoms with Crippen molar-refractivity contribution >= 4 is 5.91 Å². The van der Waals surface area contributed by atoms with Crippen molar-refractivity contribution in [3.8, 4) is 0 Å². The van der Waals surface area contributed by atoms with Crippen LogP contribution in [0.2, 0.25) is 0 Å². The van der Waals surface area contributed by atoms with Gasteiger partial charge in [-0.05, 0) is 25.8 Å². The minimum Gasteiger partial charge on any atom is -0.363 e. The van der Waals surface area contributed by atoms with Gasteiger partial charge in [0.15, 0.2) is 0 Å². The molecule has 1 saturated carbocycles. The average molecular weight is 219 g/mol. The summed E-state index contributed by atoms with van der Waals surface area (Å²) < 4.78 is 0. The number of amides is 1. The van der Waals surface area contributed by atoms with Crippen LogP contribution in [0.4, 0.5) is 0 Å². The molecule has 1 fully saturated rings. The molecular formula is C12H17N3O. The molecule has 86 valence electrons. The number of aromatic nitrogens is 2. The number of hydrogen-bond donors (Lipinski definition) is 1. The summed E-state index contributed by atoms with van der Waals surface area (Å²) >= 11 is 0. The Bertz CT molecular complexity index is 397. The molecule has 16 heavy (non-hydrogen) atoms. The van der Waals surface area contributed by atoms with Crippen molar-refractivity contribution in [2.24, 2.45) is 5.73 Å². The average Bonchev–Trinajstić information content (AvgIpc) is 2.29. The molecule has 1 amide bonds. The molecule has 0 atom stereocenters. The molecule has 4 nitrogen and oxygen atoms in total. The second kappa shape index (κ2) is 4.60. The Kier molecular flexibility index (Phi) is 3.17. The molecule has 1 aliphatic rings. The van der Waals surface area contributed by atoms with Gasteiger partial charge in [-0.25, -0.2) is 9.97 Å². The molecule has 1 aromatic heterocycles. The van der Waals surface area contributed by atoms with Crippen LogP contribution in [0.15, 0.2) is 6.07 Å². The van der Waals surface area contributed by atoms with E-state index >= 15 is 0 Å². The van der Waals surface area contributed by atoms with Gasteiger partial charge in [0.05, 0.1) is 0 Å². The van der Waals surface area contributed by atoms with Crippen molar-refractivity contribution in [1.29, 1.82) is 0 Å². The van der Waals surface area contributed by atoms with Crippen LogP contribution < -0.4 is 5.73 Å². The van der Waals surface area contributed by atoms with Crippen LogP contribution in [-0.2, 0) is 0 Å². The smallest absolute Gasteiger partial charge is 0.286 e. The summed E-state index contributed by atoms with van der Waals surface area (Å²) in [4.78, 5) is 19.4. The Hall–Kier alpha value is -1.45. The van der Waals surface area contributed by atoms with Crippen molar-refractivity contribution < 1.29 is 4.79 Å². The summed E-state index contributed by atoms with van der Waals surface area (Å²) in [6, 6.07) is 1.97. The Morgan fingerprint density at radius 1 is 1.31 bits per heavy atom. The zero-order valence-electron chi connectivity index (χ0n) is 9.57. The predicted molar refractivity (Wildman–Crippen MR) is 61.1 cm³/mol. The van der Waals surface area contributed by atoms with Crippen molar-refractivity contribution in [3.05, 3.63) is 23.3 Å². The molecule has 0 unspecified atom stereocenters. The van der Waals surface area contributed by atoms with Crippen LogP contribution in [-0.4, -0.2) is 15.9 Å². The largest absolute Gasteiger partial charge is 0.363 e. The summed E-state index contributed by atoms with van der Waals surface area (Å²) in [6.07, 6.45) is 6.13. The highest BCUT2D eigenvalue weighted by Crippen LogP contribution is 2.31. The highest BCUT2D eigenvalue weighted by atomic mass is 16.1. The third-order valence-electron chi connectivity index (χ3n) is 3.12. The van der Waals surface area contributed by atoms with E-state index in [4.69, 9.17) is 5.73 Å². The van der Waals surface area contributed by atoms with E-state index in [-0.39, 0.29) is 5.82 Å². The van der Waals surface area contributed by atoms with Gasteiger partial charge in [0.25, 0.3) is 5.91 Å². The van der Waals surface area contributed by atoms with E-state index in [9.17, 15) is 4.79 Å². The maximum atomic E-state index is 11.1. The summed E-state index contributed by atoms with van der Waals surface area (Å²) in [7, 11) is 0. The zero-order chi connectivity index (χ0) is 11.5. The summed E-state index contributed by atoms with van der Waals surface area (Å²) in [5.74, 6) is 0.0925. The molecule has 2 N–H and O–H groups in total. The first-order valence-corrected chi connectivity index (χ1v) is 5.82. The maximum Gasteiger partial charge on any atom is 0.286 e. The molecule has 1 heterocycles. The van der Waals surface area contributed by atoms with Gasteiger partial charge in [-0.3, -0.25) is 4.79 Å². The molecule has 0 aromatic carbocycles. The van der Waals surface area contributed by atoms with Crippen molar-refractivity contribution in [2.45, 2.75) is 44.9 Å². The fourth-order valence-electron chi connectivity index (χ4n) is 2.31. The Morgan fingerprint density at radius 2 is 2.00 bits per heavy atom. The van der Waals surface area contributed by atoms with E-state index < -0.39 is 5.91 Å². The van der Waals surface area contributed by atoms with Gasteiger partial charge in [0, 0.05) is 17.3 Å². The highest BCUT2D eigenvalue weighted by molar-refractivity contribution is 5.88. The fourth-order valence-corrected chi connectivity index (χ4v) is 2.31. The number of nitrogens with two attached hydrogens (primary N) is 1. The normalized spacial score (nSPS) is 17.3. The van der Waals surface area contributed by atoms with Crippen LogP contribution in [0.1, 0.15) is 60.0 Å². The van der Waals surface area contributed by atoms with E-state index in [1.54, 1.807) is 0 Å². The van der Waals surface area contributed by atoms with E-state index in [0.29, 0.717) is 5.92 Å². The van der Waals surface area contributed by atoms with Gasteiger partial charge in [0.1, 0.15) is 0 Å². The number of hydrogen-bond acceptors (Lipinski definition) is 3. The first kappa shape index (κ1) is 11.0. The zero-order valence-corrected chi connectivity index (χ0v) is 9.57. The van der Waals surface area contributed by atoms with Gasteiger partial charge in [-0.15, -0.1) is 0 Å². The van der Waals surface area contributed by atoms with Gasteiger partial charge in [-0.2, -0.15) is 0 Å². The van der Waals surface area contributed by atoms with E-state index in [2.05, 4.69) is 9.97 Å². The SMILES string of the molecule is Cc1cc(C2CCCCC2)nc(C(N)=O)n1. The second-order valence-electron chi connectivity index (χ2n) is 4.46. The quantitative estimate of drug-likeness (QED) is 0.826. The lowest BCUT2D eigenvalue weighted by Crippen LogP contribution is -2.18. The van der Waals surface area contributed by atoms with Crippen LogP contribution >= 0.6 is 0 Å². The van der Waals surface area contributed by atoms with Gasteiger partial charge >= 0.3 is 0 Å². The Balaban J connectivity index is 2.28. The monoisotopic (exact) mass is 219 g/mol. The van der Waals surface area contributed by atoms with Gasteiger partial charge < -0.3 is 5.73 Å². The van der Waals surface area contributed by atoms with Crippen LogP contribution in [0.25, 0.3) is 0 Å². The number of primary amides is 1. The molecule has 4 heteroatoms. The molecule has 2 rings (SSSR count). The number of carbonyl (C=O) groups is 1. The number of rotatable bonds is 2. The fraction of sp³-hybridized carbons (Fsp3) is 0.583. The van der Waals surface area contributed by atoms with Crippen LogP contribution in [0.5, 0.6) is 0 Å². The highest BCUT2D eigenvalue weighted by Gasteiger charge is 2.18. The summed E-state index contributed by atoms with van der Waals surface area (Å²) in [5, 5.41) is 0. The third-order valence-corrected chi connectivity index (χ3v) is 3.12. The van der Waals surface area contributed by atoms with E-state index in [1.165, 1.54) is 19.3 Å².